The lowest BCUT2D eigenvalue weighted by Crippen LogP contribution is -3.00. The van der Waals surface area contributed by atoms with Crippen LogP contribution in [0.3, 0.4) is 0 Å². The van der Waals surface area contributed by atoms with Crippen LogP contribution < -0.4 is 21.5 Å². The van der Waals surface area contributed by atoms with E-state index in [0.717, 1.165) is 0 Å². The van der Waals surface area contributed by atoms with Gasteiger partial charge in [-0.15, -0.1) is 0 Å². The van der Waals surface area contributed by atoms with Gasteiger partial charge in [-0.2, -0.15) is 4.57 Å². The van der Waals surface area contributed by atoms with Crippen molar-refractivity contribution in [1.29, 1.82) is 0 Å². The highest BCUT2D eigenvalue weighted by Crippen LogP contribution is 1.93. The molecule has 1 aromatic rings. The quantitative estimate of drug-likeness (QED) is 0.483. The van der Waals surface area contributed by atoms with Crippen LogP contribution in [0.5, 0.6) is 0 Å². The second-order valence-electron chi connectivity index (χ2n) is 2.03. The third-order valence-electron chi connectivity index (χ3n) is 1.24. The van der Waals surface area contributed by atoms with Crippen LogP contribution >= 0.6 is 11.6 Å². The third-order valence-corrected chi connectivity index (χ3v) is 1.52. The molecular weight excluding hydrogens is 245 g/mol. The molecule has 0 saturated carbocycles. The van der Waals surface area contributed by atoms with Gasteiger partial charge < -0.3 is 22.1 Å². The number of rotatable bonds is 2. The molecule has 0 spiro atoms. The Labute approximate surface area is 85.4 Å². The average molecular weight is 252 g/mol. The summed E-state index contributed by atoms with van der Waals surface area (Å²) in [6, 6.07) is 3.43. The molecule has 1 N–H and O–H groups in total. The molecular formula is C7H7BrClNO2. The van der Waals surface area contributed by atoms with E-state index in [2.05, 4.69) is 0 Å². The molecule has 0 unspecified atom stereocenters. The highest BCUT2D eigenvalue weighted by Gasteiger charge is 2.06. The van der Waals surface area contributed by atoms with Gasteiger partial charge in [0.15, 0.2) is 12.4 Å². The zero-order valence-electron chi connectivity index (χ0n) is 6.08. The molecule has 0 bridgehead atoms. The van der Waals surface area contributed by atoms with Gasteiger partial charge in [0.05, 0.1) is 0 Å². The lowest BCUT2D eigenvalue weighted by molar-refractivity contribution is -0.678. The molecule has 5 heteroatoms. The fourth-order valence-corrected chi connectivity index (χ4v) is 0.872. The van der Waals surface area contributed by atoms with Crippen molar-refractivity contribution in [3.8, 4) is 0 Å². The monoisotopic (exact) mass is 251 g/mol. The van der Waals surface area contributed by atoms with Gasteiger partial charge >= 0.3 is 5.97 Å². The van der Waals surface area contributed by atoms with E-state index >= 15 is 0 Å². The number of carboxylic acid groups (broad SMARTS) is 1. The van der Waals surface area contributed by atoms with Crippen molar-refractivity contribution in [3.05, 3.63) is 30.1 Å². The first-order valence-electron chi connectivity index (χ1n) is 3.02. The Balaban J connectivity index is 0.00000121. The molecule has 0 aliphatic heterocycles. The summed E-state index contributed by atoms with van der Waals surface area (Å²) in [5.74, 6) is -0.940. The number of hydrogen-bond acceptors (Lipinski definition) is 1. The predicted molar refractivity (Wildman–Crippen MR) is 39.4 cm³/mol. The number of aromatic carboxylic acids is 1. The number of hydrogen-bond donors (Lipinski definition) is 1. The van der Waals surface area contributed by atoms with Crippen LogP contribution in [0.1, 0.15) is 10.4 Å². The van der Waals surface area contributed by atoms with Crippen molar-refractivity contribution in [2.45, 2.75) is 6.00 Å². The summed E-state index contributed by atoms with van der Waals surface area (Å²) in [7, 11) is 0. The molecule has 1 heterocycles. The van der Waals surface area contributed by atoms with Crippen LogP contribution in [-0.2, 0) is 6.00 Å². The van der Waals surface area contributed by atoms with Crippen molar-refractivity contribution in [2.24, 2.45) is 0 Å². The number of aromatic nitrogens is 1. The Morgan fingerprint density at radius 2 is 2.33 bits per heavy atom. The average Bonchev–Trinajstić information content (AvgIpc) is 2.05. The fraction of sp³-hybridized carbons (Fsp3) is 0.143. The topological polar surface area (TPSA) is 41.2 Å². The number of halogens is 2. The first-order valence-corrected chi connectivity index (χ1v) is 3.56. The molecule has 1 rings (SSSR count). The predicted octanol–water partition coefficient (Wildman–Crippen LogP) is -2.13. The van der Waals surface area contributed by atoms with Gasteiger partial charge in [-0.3, -0.25) is 0 Å². The van der Waals surface area contributed by atoms with Crippen molar-refractivity contribution in [1.82, 2.24) is 0 Å². The van der Waals surface area contributed by atoms with Crippen LogP contribution in [0.4, 0.5) is 0 Å². The van der Waals surface area contributed by atoms with Crippen molar-refractivity contribution >= 4 is 17.6 Å². The van der Waals surface area contributed by atoms with Gasteiger partial charge in [-0.25, -0.2) is 4.79 Å². The largest absolute Gasteiger partial charge is 1.00 e. The highest BCUT2D eigenvalue weighted by atomic mass is 79.9. The Hall–Kier alpha value is -0.610. The van der Waals surface area contributed by atoms with Crippen molar-refractivity contribution in [3.63, 3.8) is 0 Å². The van der Waals surface area contributed by atoms with E-state index in [9.17, 15) is 4.79 Å². The number of nitrogens with zero attached hydrogens (tertiary/aromatic N) is 1. The zero-order chi connectivity index (χ0) is 8.27. The molecule has 0 atom stereocenters. The van der Waals surface area contributed by atoms with Crippen LogP contribution in [0.25, 0.3) is 0 Å². The first-order chi connectivity index (χ1) is 5.24. The molecule has 1 aromatic heterocycles. The van der Waals surface area contributed by atoms with E-state index in [0.29, 0.717) is 0 Å². The Morgan fingerprint density at radius 3 is 2.83 bits per heavy atom. The first kappa shape index (κ1) is 11.4. The van der Waals surface area contributed by atoms with Gasteiger partial charge in [0, 0.05) is 6.07 Å². The summed E-state index contributed by atoms with van der Waals surface area (Å²) in [6.45, 7) is 0. The molecule has 0 aromatic carbocycles. The Kier molecular flexibility index (Phi) is 4.85. The molecule has 12 heavy (non-hydrogen) atoms. The van der Waals surface area contributed by atoms with Crippen molar-refractivity contribution < 1.29 is 31.4 Å². The molecule has 0 saturated heterocycles. The van der Waals surface area contributed by atoms with Crippen LogP contribution in [0.2, 0.25) is 0 Å². The maximum absolute atomic E-state index is 10.4. The maximum atomic E-state index is 10.4. The molecule has 0 radical (unpaired) electrons. The van der Waals surface area contributed by atoms with Crippen LogP contribution in [0.15, 0.2) is 24.5 Å². The number of carbonyl (C=O) groups is 1. The smallest absolute Gasteiger partial charge is 0.341 e. The molecule has 0 amide bonds. The summed E-state index contributed by atoms with van der Waals surface area (Å²) >= 11 is 5.47. The third kappa shape index (κ3) is 2.79. The standard InChI is InChI=1S/C7H6ClNO2.BrH/c8-5-9-3-1-2-6(4-9)7(10)11;/h1-4H,5H2;1H. The maximum Gasteiger partial charge on any atom is 0.341 e. The minimum absolute atomic E-state index is 0. The lowest BCUT2D eigenvalue weighted by Gasteiger charge is -1.91. The van der Waals surface area contributed by atoms with Gasteiger partial charge in [-0.05, 0) is 6.07 Å². The molecule has 0 aliphatic rings. The molecule has 3 nitrogen and oxygen atoms in total. The summed E-state index contributed by atoms with van der Waals surface area (Å²) < 4.78 is 1.59. The van der Waals surface area contributed by atoms with Gasteiger partial charge in [0.1, 0.15) is 5.56 Å². The molecule has 66 valence electrons. The molecule has 0 fully saturated rings. The number of carboxylic acids is 1. The second-order valence-corrected chi connectivity index (χ2v) is 2.27. The summed E-state index contributed by atoms with van der Waals surface area (Å²) in [6.07, 6.45) is 3.19. The van der Waals surface area contributed by atoms with E-state index in [1.807, 2.05) is 0 Å². The van der Waals surface area contributed by atoms with E-state index in [1.54, 1.807) is 16.8 Å². The van der Waals surface area contributed by atoms with Gasteiger partial charge in [-0.1, -0.05) is 11.6 Å². The van der Waals surface area contributed by atoms with Gasteiger partial charge in [0.25, 0.3) is 0 Å². The summed E-state index contributed by atoms with van der Waals surface area (Å²) in [5.41, 5.74) is 0.244. The summed E-state index contributed by atoms with van der Waals surface area (Å²) in [4.78, 5) is 10.4. The Bertz CT molecular complexity index is 280. The van der Waals surface area contributed by atoms with Crippen molar-refractivity contribution in [2.75, 3.05) is 0 Å². The normalized spacial score (nSPS) is 8.75. The minimum Gasteiger partial charge on any atom is -1.00 e. The zero-order valence-corrected chi connectivity index (χ0v) is 8.42. The lowest BCUT2D eigenvalue weighted by atomic mass is 10.3. The molecule has 0 aliphatic carbocycles. The fourth-order valence-electron chi connectivity index (χ4n) is 0.723. The van der Waals surface area contributed by atoms with Crippen LogP contribution in [0, 0.1) is 0 Å². The Morgan fingerprint density at radius 1 is 1.67 bits per heavy atom. The second kappa shape index (κ2) is 5.11. The highest BCUT2D eigenvalue weighted by molar-refractivity contribution is 6.14. The number of alkyl halides is 1. The van der Waals surface area contributed by atoms with Crippen LogP contribution in [-0.4, -0.2) is 11.1 Å². The van der Waals surface area contributed by atoms with E-state index in [4.69, 9.17) is 16.7 Å². The van der Waals surface area contributed by atoms with E-state index in [1.165, 1.54) is 12.3 Å². The SMILES string of the molecule is O=C(O)c1ccc[n+](CCl)c1.[Br-]. The minimum atomic E-state index is -0.940. The summed E-state index contributed by atoms with van der Waals surface area (Å²) in [5, 5.41) is 8.55. The van der Waals surface area contributed by atoms with E-state index < -0.39 is 5.97 Å². The van der Waals surface area contributed by atoms with Gasteiger partial charge in [0.2, 0.25) is 6.00 Å². The van der Waals surface area contributed by atoms with E-state index in [-0.39, 0.29) is 28.5 Å². The number of pyridine rings is 1.